The quantitative estimate of drug-likeness (QED) is 0.926. The zero-order valence-corrected chi connectivity index (χ0v) is 10.0. The smallest absolute Gasteiger partial charge is 0.356 e. The van der Waals surface area contributed by atoms with Gasteiger partial charge >= 0.3 is 5.97 Å². The fourth-order valence-corrected chi connectivity index (χ4v) is 2.48. The van der Waals surface area contributed by atoms with E-state index in [1.165, 1.54) is 35.7 Å². The Morgan fingerprint density at radius 3 is 2.94 bits per heavy atom. The van der Waals surface area contributed by atoms with E-state index in [1.807, 2.05) is 0 Å². The molecule has 0 aliphatic heterocycles. The number of halogens is 1. The van der Waals surface area contributed by atoms with Gasteiger partial charge in [-0.2, -0.15) is 4.37 Å². The summed E-state index contributed by atoms with van der Waals surface area (Å²) in [6, 6.07) is 3.14. The van der Waals surface area contributed by atoms with Gasteiger partial charge in [0.15, 0.2) is 10.0 Å². The minimum Gasteiger partial charge on any atom is -0.476 e. The second-order valence-electron chi connectivity index (χ2n) is 2.59. The average Bonchev–Trinajstić information content (AvgIpc) is 2.73. The van der Waals surface area contributed by atoms with Crippen molar-refractivity contribution >= 4 is 40.9 Å². The monoisotopic (exact) mass is 273 g/mol. The first-order valence-corrected chi connectivity index (χ1v) is 5.98. The fourth-order valence-electron chi connectivity index (χ4n) is 0.928. The zero-order chi connectivity index (χ0) is 11.5. The van der Waals surface area contributed by atoms with Crippen LogP contribution in [0, 0.1) is 0 Å². The highest BCUT2D eigenvalue weighted by molar-refractivity contribution is 8.00. The van der Waals surface area contributed by atoms with E-state index in [-0.39, 0.29) is 10.7 Å². The number of pyridine rings is 1. The maximum Gasteiger partial charge on any atom is 0.356 e. The van der Waals surface area contributed by atoms with Crippen molar-refractivity contribution in [3.63, 3.8) is 0 Å². The van der Waals surface area contributed by atoms with Crippen LogP contribution < -0.4 is 0 Å². The summed E-state index contributed by atoms with van der Waals surface area (Å²) in [4.78, 5) is 18.7. The molecule has 0 saturated carbocycles. The number of hydrogen-bond donors (Lipinski definition) is 1. The van der Waals surface area contributed by atoms with E-state index in [1.54, 1.807) is 6.07 Å². The van der Waals surface area contributed by atoms with Gasteiger partial charge in [0.25, 0.3) is 0 Å². The molecular weight excluding hydrogens is 270 g/mol. The molecule has 0 aromatic carbocycles. The number of hydrogen-bond acceptors (Lipinski definition) is 6. The Morgan fingerprint density at radius 2 is 2.31 bits per heavy atom. The maximum atomic E-state index is 10.8. The molecule has 82 valence electrons. The number of rotatable bonds is 3. The third-order valence-corrected chi connectivity index (χ3v) is 3.51. The molecule has 0 unspecified atom stereocenters. The van der Waals surface area contributed by atoms with Crippen LogP contribution in [0.15, 0.2) is 27.8 Å². The summed E-state index contributed by atoms with van der Waals surface area (Å²) in [7, 11) is 0. The van der Waals surface area contributed by atoms with Crippen molar-refractivity contribution < 1.29 is 9.90 Å². The lowest BCUT2D eigenvalue weighted by Crippen LogP contribution is -2.01. The molecule has 8 heteroatoms. The lowest BCUT2D eigenvalue weighted by Gasteiger charge is -2.00. The number of aromatic nitrogens is 3. The molecular formula is C8H4ClN3O2S2. The van der Waals surface area contributed by atoms with Crippen LogP contribution in [0.5, 0.6) is 0 Å². The highest BCUT2D eigenvalue weighted by atomic mass is 35.5. The predicted molar refractivity (Wildman–Crippen MR) is 60.2 cm³/mol. The lowest BCUT2D eigenvalue weighted by atomic mass is 10.3. The molecule has 16 heavy (non-hydrogen) atoms. The predicted octanol–water partition coefficient (Wildman–Crippen LogP) is 2.44. The van der Waals surface area contributed by atoms with Gasteiger partial charge < -0.3 is 5.11 Å². The van der Waals surface area contributed by atoms with E-state index in [0.29, 0.717) is 9.37 Å². The number of carboxylic acid groups (broad SMARTS) is 1. The summed E-state index contributed by atoms with van der Waals surface area (Å²) in [6.07, 6.45) is 1.43. The Bertz CT molecular complexity index is 518. The van der Waals surface area contributed by atoms with Gasteiger partial charge in [-0.15, -0.1) is 0 Å². The molecule has 2 heterocycles. The van der Waals surface area contributed by atoms with Crippen LogP contribution in [0.2, 0.25) is 5.02 Å². The maximum absolute atomic E-state index is 10.8. The molecule has 0 saturated heterocycles. The number of nitrogens with zero attached hydrogens (tertiary/aromatic N) is 3. The molecule has 0 radical (unpaired) electrons. The topological polar surface area (TPSA) is 76.0 Å². The summed E-state index contributed by atoms with van der Waals surface area (Å²) >= 11 is 8.16. The second-order valence-corrected chi connectivity index (χ2v) is 5.05. The third kappa shape index (κ3) is 2.49. The van der Waals surface area contributed by atoms with Gasteiger partial charge in [0.05, 0.1) is 5.02 Å². The molecule has 5 nitrogen and oxygen atoms in total. The van der Waals surface area contributed by atoms with Crippen molar-refractivity contribution in [3.05, 3.63) is 29.2 Å². The lowest BCUT2D eigenvalue weighted by molar-refractivity contribution is 0.0690. The van der Waals surface area contributed by atoms with Crippen molar-refractivity contribution in [2.24, 2.45) is 0 Å². The Balaban J connectivity index is 2.29. The van der Waals surface area contributed by atoms with Crippen molar-refractivity contribution in [1.82, 2.24) is 14.3 Å². The Hall–Kier alpha value is -1.18. The SMILES string of the molecule is O=C(O)c1nc(Sc2ncns2)ccc1Cl. The molecule has 0 fully saturated rings. The van der Waals surface area contributed by atoms with Crippen molar-refractivity contribution in [2.45, 2.75) is 9.37 Å². The highest BCUT2D eigenvalue weighted by Gasteiger charge is 2.12. The molecule has 2 rings (SSSR count). The summed E-state index contributed by atoms with van der Waals surface area (Å²) in [5.41, 5.74) is -0.156. The summed E-state index contributed by atoms with van der Waals surface area (Å²) in [5, 5.41) is 9.48. The number of aromatic carboxylic acids is 1. The highest BCUT2D eigenvalue weighted by Crippen LogP contribution is 2.28. The second kappa shape index (κ2) is 4.77. The zero-order valence-electron chi connectivity index (χ0n) is 7.62. The molecule has 0 aliphatic rings. The number of carboxylic acids is 1. The van der Waals surface area contributed by atoms with Gasteiger partial charge in [0.1, 0.15) is 11.4 Å². The van der Waals surface area contributed by atoms with Crippen LogP contribution >= 0.6 is 34.9 Å². The minimum absolute atomic E-state index is 0.120. The van der Waals surface area contributed by atoms with Crippen molar-refractivity contribution in [2.75, 3.05) is 0 Å². The first-order valence-electron chi connectivity index (χ1n) is 4.01. The van der Waals surface area contributed by atoms with Crippen LogP contribution in [0.25, 0.3) is 0 Å². The van der Waals surface area contributed by atoms with E-state index in [4.69, 9.17) is 16.7 Å². The van der Waals surface area contributed by atoms with Crippen LogP contribution in [0.4, 0.5) is 0 Å². The first kappa shape index (κ1) is 11.3. The molecule has 0 bridgehead atoms. The first-order chi connectivity index (χ1) is 7.66. The average molecular weight is 274 g/mol. The Morgan fingerprint density at radius 1 is 1.50 bits per heavy atom. The van der Waals surface area contributed by atoms with Gasteiger partial charge in [0.2, 0.25) is 0 Å². The minimum atomic E-state index is -1.15. The largest absolute Gasteiger partial charge is 0.476 e. The van der Waals surface area contributed by atoms with Crippen molar-refractivity contribution in [1.29, 1.82) is 0 Å². The molecule has 2 aromatic rings. The van der Waals surface area contributed by atoms with E-state index in [2.05, 4.69) is 14.3 Å². The van der Waals surface area contributed by atoms with E-state index >= 15 is 0 Å². The third-order valence-electron chi connectivity index (χ3n) is 1.56. The van der Waals surface area contributed by atoms with Gasteiger partial charge in [-0.3, -0.25) is 0 Å². The summed E-state index contributed by atoms with van der Waals surface area (Å²) in [6.45, 7) is 0. The van der Waals surface area contributed by atoms with Gasteiger partial charge in [-0.1, -0.05) is 11.6 Å². The Labute approximate surface area is 104 Å². The van der Waals surface area contributed by atoms with Crippen LogP contribution in [-0.2, 0) is 0 Å². The number of carbonyl (C=O) groups is 1. The standard InChI is InChI=1S/C8H4ClN3O2S2/c9-4-1-2-5(12-6(4)7(13)14)15-8-10-3-11-16-8/h1-3H,(H,13,14). The van der Waals surface area contributed by atoms with Gasteiger partial charge in [0, 0.05) is 0 Å². The summed E-state index contributed by atoms with van der Waals surface area (Å²) < 4.78 is 4.53. The van der Waals surface area contributed by atoms with E-state index in [0.717, 1.165) is 0 Å². The molecule has 0 amide bonds. The van der Waals surface area contributed by atoms with Crippen LogP contribution in [-0.4, -0.2) is 25.4 Å². The molecule has 2 aromatic heterocycles. The molecule has 0 spiro atoms. The van der Waals surface area contributed by atoms with E-state index in [9.17, 15) is 4.79 Å². The molecule has 1 N–H and O–H groups in total. The van der Waals surface area contributed by atoms with Crippen molar-refractivity contribution in [3.8, 4) is 0 Å². The van der Waals surface area contributed by atoms with Gasteiger partial charge in [-0.25, -0.2) is 14.8 Å². The van der Waals surface area contributed by atoms with Crippen LogP contribution in [0.3, 0.4) is 0 Å². The van der Waals surface area contributed by atoms with E-state index < -0.39 is 5.97 Å². The fraction of sp³-hybridized carbons (Fsp3) is 0. The molecule has 0 aliphatic carbocycles. The summed E-state index contributed by atoms with van der Waals surface area (Å²) in [5.74, 6) is -1.15. The normalized spacial score (nSPS) is 10.3. The van der Waals surface area contributed by atoms with Crippen LogP contribution in [0.1, 0.15) is 10.5 Å². The Kier molecular flexibility index (Phi) is 3.37. The molecule has 0 atom stereocenters. The van der Waals surface area contributed by atoms with Gasteiger partial charge in [-0.05, 0) is 35.4 Å².